The Kier molecular flexibility index (Phi) is 4.95. The average molecular weight is 390 g/mol. The van der Waals surface area contributed by atoms with Gasteiger partial charge in [0.15, 0.2) is 0 Å². The molecular formula is C22H18N2O3S. The molecule has 0 radical (unpaired) electrons. The lowest BCUT2D eigenvalue weighted by molar-refractivity contribution is 0.102. The van der Waals surface area contributed by atoms with Crippen LogP contribution in [0.2, 0.25) is 0 Å². The summed E-state index contributed by atoms with van der Waals surface area (Å²) in [6, 6.07) is 22.4. The minimum atomic E-state index is -0.229. The fourth-order valence-electron chi connectivity index (χ4n) is 2.88. The second-order valence-corrected chi connectivity index (χ2v) is 7.36. The van der Waals surface area contributed by atoms with Crippen LogP contribution in [-0.2, 0) is 13.7 Å². The molecule has 1 heterocycles. The largest absolute Gasteiger partial charge is 0.489 e. The summed E-state index contributed by atoms with van der Waals surface area (Å²) in [6.45, 7) is 0.440. The third kappa shape index (κ3) is 3.82. The Morgan fingerprint density at radius 2 is 1.86 bits per heavy atom. The van der Waals surface area contributed by atoms with Gasteiger partial charge in [-0.1, -0.05) is 47.7 Å². The van der Waals surface area contributed by atoms with E-state index in [1.54, 1.807) is 35.9 Å². The molecule has 4 aromatic rings. The number of anilines is 1. The van der Waals surface area contributed by atoms with Gasteiger partial charge >= 0.3 is 4.87 Å². The van der Waals surface area contributed by atoms with Gasteiger partial charge in [-0.15, -0.1) is 0 Å². The minimum absolute atomic E-state index is 0.0262. The number of carbonyl (C=O) groups is 1. The normalized spacial score (nSPS) is 10.8. The van der Waals surface area contributed by atoms with Crippen LogP contribution < -0.4 is 14.9 Å². The van der Waals surface area contributed by atoms with E-state index in [4.69, 9.17) is 4.74 Å². The maximum absolute atomic E-state index is 12.6. The summed E-state index contributed by atoms with van der Waals surface area (Å²) in [4.78, 5) is 24.4. The summed E-state index contributed by atoms with van der Waals surface area (Å²) in [7, 11) is 1.74. The first-order chi connectivity index (χ1) is 13.6. The second-order valence-electron chi connectivity index (χ2n) is 6.37. The summed E-state index contributed by atoms with van der Waals surface area (Å²) in [6.07, 6.45) is 0. The molecule has 140 valence electrons. The van der Waals surface area contributed by atoms with Crippen molar-refractivity contribution in [3.63, 3.8) is 0 Å². The van der Waals surface area contributed by atoms with Crippen LogP contribution in [0.4, 0.5) is 5.69 Å². The fraction of sp³-hybridized carbons (Fsp3) is 0.0909. The first-order valence-electron chi connectivity index (χ1n) is 8.78. The molecule has 6 heteroatoms. The van der Waals surface area contributed by atoms with Crippen LogP contribution in [0.5, 0.6) is 5.75 Å². The van der Waals surface area contributed by atoms with E-state index >= 15 is 0 Å². The van der Waals surface area contributed by atoms with Gasteiger partial charge in [-0.05, 0) is 42.0 Å². The Hall–Kier alpha value is -3.38. The van der Waals surface area contributed by atoms with Crippen molar-refractivity contribution >= 4 is 33.1 Å². The quantitative estimate of drug-likeness (QED) is 0.548. The molecule has 0 aliphatic rings. The van der Waals surface area contributed by atoms with Crippen LogP contribution in [0.3, 0.4) is 0 Å². The lowest BCUT2D eigenvalue weighted by Gasteiger charge is -2.09. The molecule has 1 N–H and O–H groups in total. The van der Waals surface area contributed by atoms with Gasteiger partial charge in [0.05, 0.1) is 10.2 Å². The molecule has 3 aromatic carbocycles. The van der Waals surface area contributed by atoms with Gasteiger partial charge in [0.2, 0.25) is 0 Å². The Morgan fingerprint density at radius 3 is 2.68 bits per heavy atom. The molecule has 0 saturated heterocycles. The van der Waals surface area contributed by atoms with Gasteiger partial charge in [0.25, 0.3) is 5.91 Å². The highest BCUT2D eigenvalue weighted by molar-refractivity contribution is 7.16. The number of ether oxygens (including phenoxy) is 1. The number of nitrogens with zero attached hydrogens (tertiary/aromatic N) is 1. The fourth-order valence-corrected chi connectivity index (χ4v) is 3.80. The van der Waals surface area contributed by atoms with E-state index in [1.807, 2.05) is 48.5 Å². The van der Waals surface area contributed by atoms with E-state index in [0.717, 1.165) is 27.1 Å². The van der Waals surface area contributed by atoms with Crippen molar-refractivity contribution in [3.8, 4) is 5.75 Å². The highest BCUT2D eigenvalue weighted by Crippen LogP contribution is 2.22. The zero-order valence-electron chi connectivity index (χ0n) is 15.2. The minimum Gasteiger partial charge on any atom is -0.489 e. The maximum atomic E-state index is 12.6. The summed E-state index contributed by atoms with van der Waals surface area (Å²) >= 11 is 1.16. The van der Waals surface area contributed by atoms with E-state index in [0.29, 0.717) is 23.6 Å². The molecule has 28 heavy (non-hydrogen) atoms. The molecule has 0 aliphatic heterocycles. The molecule has 5 nitrogen and oxygen atoms in total. The Labute approximate surface area is 165 Å². The van der Waals surface area contributed by atoms with Crippen molar-refractivity contribution in [2.45, 2.75) is 6.61 Å². The molecule has 0 spiro atoms. The Balaban J connectivity index is 1.48. The third-order valence-electron chi connectivity index (χ3n) is 4.39. The van der Waals surface area contributed by atoms with Crippen molar-refractivity contribution < 1.29 is 9.53 Å². The van der Waals surface area contributed by atoms with Gasteiger partial charge in [0, 0.05) is 18.3 Å². The van der Waals surface area contributed by atoms with Crippen LogP contribution in [-0.4, -0.2) is 10.5 Å². The summed E-state index contributed by atoms with van der Waals surface area (Å²) in [5.41, 5.74) is 3.07. The standard InChI is InChI=1S/C22H18N2O3S/c1-24-19-11-10-17(13-20(19)28-22(24)26)23-21(25)16-8-5-9-18(12-16)27-14-15-6-3-2-4-7-15/h2-13H,14H2,1H3,(H,23,25). The van der Waals surface area contributed by atoms with Crippen molar-refractivity contribution in [1.82, 2.24) is 4.57 Å². The van der Waals surface area contributed by atoms with Gasteiger partial charge in [0.1, 0.15) is 12.4 Å². The molecule has 1 amide bonds. The van der Waals surface area contributed by atoms with Gasteiger partial charge < -0.3 is 14.6 Å². The predicted octanol–water partition coefficient (Wildman–Crippen LogP) is 4.43. The van der Waals surface area contributed by atoms with Gasteiger partial charge in [-0.2, -0.15) is 0 Å². The molecular weight excluding hydrogens is 372 g/mol. The van der Waals surface area contributed by atoms with Crippen LogP contribution in [0.25, 0.3) is 10.2 Å². The Morgan fingerprint density at radius 1 is 1.04 bits per heavy atom. The van der Waals surface area contributed by atoms with E-state index in [9.17, 15) is 9.59 Å². The van der Waals surface area contributed by atoms with E-state index in [2.05, 4.69) is 5.32 Å². The topological polar surface area (TPSA) is 60.3 Å². The summed E-state index contributed by atoms with van der Waals surface area (Å²) in [5.74, 6) is 0.404. The van der Waals surface area contributed by atoms with Crippen LogP contribution >= 0.6 is 11.3 Å². The molecule has 0 bridgehead atoms. The number of hydrogen-bond donors (Lipinski definition) is 1. The third-order valence-corrected chi connectivity index (χ3v) is 5.39. The number of fused-ring (bicyclic) bond motifs is 1. The zero-order valence-corrected chi connectivity index (χ0v) is 16.0. The molecule has 1 aromatic heterocycles. The van der Waals surface area contributed by atoms with Crippen LogP contribution in [0, 0.1) is 0 Å². The first-order valence-corrected chi connectivity index (χ1v) is 9.59. The van der Waals surface area contributed by atoms with E-state index < -0.39 is 0 Å². The van der Waals surface area contributed by atoms with Crippen LogP contribution in [0.1, 0.15) is 15.9 Å². The SMILES string of the molecule is Cn1c(=O)sc2cc(NC(=O)c3cccc(OCc4ccccc4)c3)ccc21. The summed E-state index contributed by atoms with van der Waals surface area (Å²) in [5, 5.41) is 2.88. The smallest absolute Gasteiger partial charge is 0.307 e. The number of benzene rings is 3. The number of thiazole rings is 1. The van der Waals surface area contributed by atoms with Gasteiger partial charge in [-0.3, -0.25) is 9.59 Å². The predicted molar refractivity (Wildman–Crippen MR) is 112 cm³/mol. The number of aromatic nitrogens is 1. The number of nitrogens with one attached hydrogen (secondary N) is 1. The molecule has 0 saturated carbocycles. The van der Waals surface area contributed by atoms with Crippen molar-refractivity contribution in [2.75, 3.05) is 5.32 Å². The molecule has 0 atom stereocenters. The second kappa shape index (κ2) is 7.70. The maximum Gasteiger partial charge on any atom is 0.307 e. The number of amides is 1. The lowest BCUT2D eigenvalue weighted by atomic mass is 10.2. The summed E-state index contributed by atoms with van der Waals surface area (Å²) < 4.78 is 8.23. The first kappa shape index (κ1) is 18.0. The molecule has 4 rings (SSSR count). The number of hydrogen-bond acceptors (Lipinski definition) is 4. The van der Waals surface area contributed by atoms with Crippen LogP contribution in [0.15, 0.2) is 77.6 Å². The average Bonchev–Trinajstić information content (AvgIpc) is 3.00. The number of aryl methyl sites for hydroxylation is 1. The van der Waals surface area contributed by atoms with E-state index in [-0.39, 0.29) is 10.8 Å². The van der Waals surface area contributed by atoms with Crippen molar-refractivity contribution in [3.05, 3.63) is 93.6 Å². The highest BCUT2D eigenvalue weighted by Gasteiger charge is 2.10. The van der Waals surface area contributed by atoms with Crippen molar-refractivity contribution in [1.29, 1.82) is 0 Å². The molecule has 0 fully saturated rings. The monoisotopic (exact) mass is 390 g/mol. The van der Waals surface area contributed by atoms with Gasteiger partial charge in [-0.25, -0.2) is 0 Å². The van der Waals surface area contributed by atoms with Crippen molar-refractivity contribution in [2.24, 2.45) is 7.05 Å². The molecule has 0 unspecified atom stereocenters. The lowest BCUT2D eigenvalue weighted by Crippen LogP contribution is -2.12. The number of carbonyl (C=O) groups excluding carboxylic acids is 1. The Bertz CT molecular complexity index is 1200. The zero-order chi connectivity index (χ0) is 19.5. The highest BCUT2D eigenvalue weighted by atomic mass is 32.1. The number of rotatable bonds is 5. The molecule has 0 aliphatic carbocycles. The van der Waals surface area contributed by atoms with E-state index in [1.165, 1.54) is 0 Å².